The maximum atomic E-state index is 11.2. The van der Waals surface area contributed by atoms with Crippen LogP contribution in [-0.4, -0.2) is 39.7 Å². The summed E-state index contributed by atoms with van der Waals surface area (Å²) in [5.41, 5.74) is 7.77. The first-order chi connectivity index (χ1) is 8.26. The first-order valence-corrected chi connectivity index (χ1v) is 5.51. The van der Waals surface area contributed by atoms with Crippen molar-refractivity contribution < 1.29 is 14.3 Å². The minimum atomic E-state index is 0.515. The fourth-order valence-corrected chi connectivity index (χ4v) is 1.99. The first-order valence-electron chi connectivity index (χ1n) is 5.51. The molecule has 0 unspecified atom stereocenters. The lowest BCUT2D eigenvalue weighted by Gasteiger charge is -2.30. The van der Waals surface area contributed by atoms with Gasteiger partial charge >= 0.3 is 0 Å². The van der Waals surface area contributed by atoms with Gasteiger partial charge in [0.05, 0.1) is 31.6 Å². The van der Waals surface area contributed by atoms with Crippen LogP contribution < -0.4 is 15.4 Å². The molecule has 0 aromatic heterocycles. The SMILES string of the molecule is COc1cc(N)cc(N2CCOCC2)c1C=O. The predicted octanol–water partition coefficient (Wildman–Crippen LogP) is 0.926. The number of ether oxygens (including phenoxy) is 2. The number of rotatable bonds is 3. The van der Waals surface area contributed by atoms with E-state index in [1.165, 1.54) is 7.11 Å². The molecule has 92 valence electrons. The summed E-state index contributed by atoms with van der Waals surface area (Å²) in [4.78, 5) is 13.3. The molecule has 17 heavy (non-hydrogen) atoms. The first kappa shape index (κ1) is 11.7. The number of anilines is 2. The van der Waals surface area contributed by atoms with Crippen LogP contribution in [0.15, 0.2) is 12.1 Å². The molecule has 1 aromatic rings. The van der Waals surface area contributed by atoms with Crippen molar-refractivity contribution in [2.45, 2.75) is 0 Å². The van der Waals surface area contributed by atoms with E-state index >= 15 is 0 Å². The molecule has 1 aliphatic heterocycles. The van der Waals surface area contributed by atoms with Crippen molar-refractivity contribution in [3.05, 3.63) is 17.7 Å². The third-order valence-corrected chi connectivity index (χ3v) is 2.83. The molecule has 1 aromatic carbocycles. The molecule has 5 heteroatoms. The van der Waals surface area contributed by atoms with E-state index in [4.69, 9.17) is 15.2 Å². The zero-order chi connectivity index (χ0) is 12.3. The molecule has 0 saturated carbocycles. The number of nitrogens with two attached hydrogens (primary N) is 1. The molecular formula is C12H16N2O3. The molecule has 1 heterocycles. The van der Waals surface area contributed by atoms with Crippen molar-refractivity contribution in [3.8, 4) is 5.75 Å². The summed E-state index contributed by atoms with van der Waals surface area (Å²) in [6, 6.07) is 3.46. The molecule has 5 nitrogen and oxygen atoms in total. The molecular weight excluding hydrogens is 220 g/mol. The molecule has 0 amide bonds. The minimum absolute atomic E-state index is 0.515. The maximum Gasteiger partial charge on any atom is 0.155 e. The normalized spacial score (nSPS) is 15.7. The fourth-order valence-electron chi connectivity index (χ4n) is 1.99. The number of hydrogen-bond donors (Lipinski definition) is 1. The van der Waals surface area contributed by atoms with Crippen LogP contribution in [-0.2, 0) is 4.74 Å². The summed E-state index contributed by atoms with van der Waals surface area (Å²) in [5, 5.41) is 0. The van der Waals surface area contributed by atoms with Gasteiger partial charge in [-0.15, -0.1) is 0 Å². The Bertz CT molecular complexity index is 414. The van der Waals surface area contributed by atoms with Crippen LogP contribution >= 0.6 is 0 Å². The lowest BCUT2D eigenvalue weighted by molar-refractivity contribution is 0.111. The number of nitrogen functional groups attached to an aromatic ring is 1. The predicted molar refractivity (Wildman–Crippen MR) is 65.8 cm³/mol. The second-order valence-corrected chi connectivity index (χ2v) is 3.87. The summed E-state index contributed by atoms with van der Waals surface area (Å²) in [7, 11) is 1.53. The van der Waals surface area contributed by atoms with Crippen LogP contribution in [0, 0.1) is 0 Å². The van der Waals surface area contributed by atoms with E-state index in [1.807, 2.05) is 0 Å². The van der Waals surface area contributed by atoms with Gasteiger partial charge in [-0.25, -0.2) is 0 Å². The Morgan fingerprint density at radius 2 is 2.12 bits per heavy atom. The van der Waals surface area contributed by atoms with Crippen molar-refractivity contribution in [1.29, 1.82) is 0 Å². The average Bonchev–Trinajstić information content (AvgIpc) is 2.38. The number of methoxy groups -OCH3 is 1. The van der Waals surface area contributed by atoms with E-state index in [1.54, 1.807) is 12.1 Å². The smallest absolute Gasteiger partial charge is 0.155 e. The Hall–Kier alpha value is -1.75. The molecule has 0 atom stereocenters. The molecule has 0 aliphatic carbocycles. The molecule has 1 fully saturated rings. The topological polar surface area (TPSA) is 64.8 Å². The van der Waals surface area contributed by atoms with Gasteiger partial charge in [-0.3, -0.25) is 4.79 Å². The standard InChI is InChI=1S/C12H16N2O3/c1-16-12-7-9(13)6-11(10(12)8-15)14-2-4-17-5-3-14/h6-8H,2-5,13H2,1H3. The van der Waals surface area contributed by atoms with Gasteiger partial charge < -0.3 is 20.1 Å². The van der Waals surface area contributed by atoms with Crippen molar-refractivity contribution in [2.24, 2.45) is 0 Å². The third-order valence-electron chi connectivity index (χ3n) is 2.83. The Morgan fingerprint density at radius 3 is 2.71 bits per heavy atom. The Kier molecular flexibility index (Phi) is 3.49. The Labute approximate surface area is 100 Å². The van der Waals surface area contributed by atoms with Crippen molar-refractivity contribution in [3.63, 3.8) is 0 Å². The third kappa shape index (κ3) is 2.34. The lowest BCUT2D eigenvalue weighted by atomic mass is 10.1. The highest BCUT2D eigenvalue weighted by Crippen LogP contribution is 2.31. The van der Waals surface area contributed by atoms with Crippen LogP contribution in [0.25, 0.3) is 0 Å². The van der Waals surface area contributed by atoms with Crippen molar-refractivity contribution in [2.75, 3.05) is 44.0 Å². The van der Waals surface area contributed by atoms with E-state index in [0.717, 1.165) is 25.1 Å². The lowest BCUT2D eigenvalue weighted by Crippen LogP contribution is -2.36. The van der Waals surface area contributed by atoms with E-state index in [9.17, 15) is 4.79 Å². The average molecular weight is 236 g/mol. The van der Waals surface area contributed by atoms with Gasteiger partial charge in [0.2, 0.25) is 0 Å². The van der Waals surface area contributed by atoms with E-state index in [-0.39, 0.29) is 0 Å². The maximum absolute atomic E-state index is 11.2. The quantitative estimate of drug-likeness (QED) is 0.624. The highest BCUT2D eigenvalue weighted by molar-refractivity contribution is 5.90. The van der Waals surface area contributed by atoms with Crippen LogP contribution in [0.5, 0.6) is 5.75 Å². The van der Waals surface area contributed by atoms with Crippen LogP contribution in [0.3, 0.4) is 0 Å². The Morgan fingerprint density at radius 1 is 1.41 bits per heavy atom. The number of nitrogens with zero attached hydrogens (tertiary/aromatic N) is 1. The molecule has 2 rings (SSSR count). The van der Waals surface area contributed by atoms with E-state index in [0.29, 0.717) is 30.2 Å². The monoisotopic (exact) mass is 236 g/mol. The zero-order valence-corrected chi connectivity index (χ0v) is 9.81. The molecule has 0 bridgehead atoms. The van der Waals surface area contributed by atoms with Crippen LogP contribution in [0.1, 0.15) is 10.4 Å². The second kappa shape index (κ2) is 5.05. The molecule has 0 radical (unpaired) electrons. The van der Waals surface area contributed by atoms with Gasteiger partial charge in [0.15, 0.2) is 6.29 Å². The number of morpholine rings is 1. The van der Waals surface area contributed by atoms with Gasteiger partial charge in [0.1, 0.15) is 5.75 Å². The summed E-state index contributed by atoms with van der Waals surface area (Å²) in [6.07, 6.45) is 0.809. The minimum Gasteiger partial charge on any atom is -0.496 e. The van der Waals surface area contributed by atoms with E-state index < -0.39 is 0 Å². The summed E-state index contributed by atoms with van der Waals surface area (Å²) in [6.45, 7) is 2.84. The highest BCUT2D eigenvalue weighted by Gasteiger charge is 2.18. The number of hydrogen-bond acceptors (Lipinski definition) is 5. The second-order valence-electron chi connectivity index (χ2n) is 3.87. The number of carbonyl (C=O) groups excluding carboxylic acids is 1. The van der Waals surface area contributed by atoms with Gasteiger partial charge in [0.25, 0.3) is 0 Å². The molecule has 1 saturated heterocycles. The van der Waals surface area contributed by atoms with Gasteiger partial charge in [-0.2, -0.15) is 0 Å². The van der Waals surface area contributed by atoms with Crippen LogP contribution in [0.2, 0.25) is 0 Å². The zero-order valence-electron chi connectivity index (χ0n) is 9.81. The fraction of sp³-hybridized carbons (Fsp3) is 0.417. The molecule has 1 aliphatic rings. The van der Waals surface area contributed by atoms with Gasteiger partial charge in [-0.1, -0.05) is 0 Å². The van der Waals surface area contributed by atoms with E-state index in [2.05, 4.69) is 4.90 Å². The van der Waals surface area contributed by atoms with Gasteiger partial charge in [0, 0.05) is 24.8 Å². The molecule has 0 spiro atoms. The number of carbonyl (C=O) groups is 1. The highest BCUT2D eigenvalue weighted by atomic mass is 16.5. The van der Waals surface area contributed by atoms with Crippen molar-refractivity contribution >= 4 is 17.7 Å². The van der Waals surface area contributed by atoms with Crippen molar-refractivity contribution in [1.82, 2.24) is 0 Å². The van der Waals surface area contributed by atoms with Gasteiger partial charge in [-0.05, 0) is 6.07 Å². The largest absolute Gasteiger partial charge is 0.496 e. The summed E-state index contributed by atoms with van der Waals surface area (Å²) in [5.74, 6) is 0.515. The number of aldehydes is 1. The summed E-state index contributed by atoms with van der Waals surface area (Å²) < 4.78 is 10.5. The van der Waals surface area contributed by atoms with Crippen LogP contribution in [0.4, 0.5) is 11.4 Å². The summed E-state index contributed by atoms with van der Waals surface area (Å²) >= 11 is 0. The Balaban J connectivity index is 2.42. The number of benzene rings is 1. The molecule has 2 N–H and O–H groups in total.